The van der Waals surface area contributed by atoms with Gasteiger partial charge >= 0.3 is 0 Å². The van der Waals surface area contributed by atoms with E-state index in [4.69, 9.17) is 4.74 Å². The predicted octanol–water partition coefficient (Wildman–Crippen LogP) is 5.09. The molecule has 42 heavy (non-hydrogen) atoms. The van der Waals surface area contributed by atoms with Crippen LogP contribution in [0.3, 0.4) is 0 Å². The Kier molecular flexibility index (Phi) is 16.3. The maximum atomic E-state index is 14.3. The lowest BCUT2D eigenvalue weighted by Crippen LogP contribution is -2.61. The van der Waals surface area contributed by atoms with Crippen LogP contribution >= 0.6 is 0 Å². The smallest absolute Gasteiger partial charge is 0.245 e. The molecule has 0 aliphatic heterocycles. The minimum atomic E-state index is -1.04. The SMILES string of the molecule is CCC/C=C(\C)C(c1ccccc1)C(NC(O)C(C)N(CCCC)C(=O)C(NC(=O)[C@H](C)NC)C1CCCCC1)OC. The average Bonchev–Trinajstić information content (AvgIpc) is 3.02. The minimum absolute atomic E-state index is 0.0845. The number of nitrogens with zero attached hydrogens (tertiary/aromatic N) is 1. The Labute approximate surface area is 255 Å². The third-order valence-corrected chi connectivity index (χ3v) is 8.79. The van der Waals surface area contributed by atoms with E-state index in [1.807, 2.05) is 25.1 Å². The van der Waals surface area contributed by atoms with Gasteiger partial charge in [0.1, 0.15) is 18.5 Å². The molecule has 1 aromatic carbocycles. The summed E-state index contributed by atoms with van der Waals surface area (Å²) in [7, 11) is 3.39. The molecular weight excluding hydrogens is 528 g/mol. The van der Waals surface area contributed by atoms with Gasteiger partial charge in [-0.2, -0.15) is 0 Å². The van der Waals surface area contributed by atoms with Gasteiger partial charge in [-0.1, -0.05) is 87.9 Å². The van der Waals surface area contributed by atoms with Crippen molar-refractivity contribution in [3.05, 3.63) is 47.5 Å². The van der Waals surface area contributed by atoms with Crippen LogP contribution in [0.1, 0.15) is 104 Å². The van der Waals surface area contributed by atoms with Crippen LogP contribution in [0.2, 0.25) is 0 Å². The molecule has 0 heterocycles. The number of hydrogen-bond donors (Lipinski definition) is 4. The van der Waals surface area contributed by atoms with Gasteiger partial charge in [0.25, 0.3) is 0 Å². The van der Waals surface area contributed by atoms with Crippen LogP contribution in [-0.2, 0) is 14.3 Å². The highest BCUT2D eigenvalue weighted by atomic mass is 16.5. The quantitative estimate of drug-likeness (QED) is 0.141. The molecule has 1 fully saturated rings. The van der Waals surface area contributed by atoms with E-state index in [0.29, 0.717) is 6.54 Å². The molecule has 2 rings (SSSR count). The number of hydrogen-bond acceptors (Lipinski definition) is 6. The lowest BCUT2D eigenvalue weighted by Gasteiger charge is -2.40. The molecule has 2 amide bonds. The van der Waals surface area contributed by atoms with Gasteiger partial charge in [0.2, 0.25) is 11.8 Å². The Morgan fingerprint density at radius 2 is 1.76 bits per heavy atom. The lowest BCUT2D eigenvalue weighted by atomic mass is 9.83. The summed E-state index contributed by atoms with van der Waals surface area (Å²) < 4.78 is 5.96. The fraction of sp³-hybridized carbons (Fsp3) is 0.706. The highest BCUT2D eigenvalue weighted by Gasteiger charge is 2.38. The molecule has 1 aliphatic rings. The first-order valence-corrected chi connectivity index (χ1v) is 16.2. The standard InChI is InChI=1S/C34H58N4O4/c1-8-10-18-24(3)29(27-19-14-12-15-20-27)33(42-7)37-32(40)26(5)38(23-11-9-2)34(41)30(28-21-16-13-17-22-28)36-31(39)25(4)35-6/h12,14-15,18-20,25-26,28-30,32-33,35,37,40H,8-11,13,16-17,21-23H2,1-7H3,(H,36,39)/b24-18+/t25-,26?,29?,30?,32?,33?/m0/s1. The Balaban J connectivity index is 2.35. The van der Waals surface area contributed by atoms with Gasteiger partial charge < -0.3 is 25.4 Å². The van der Waals surface area contributed by atoms with Crippen molar-refractivity contribution < 1.29 is 19.4 Å². The molecule has 0 aromatic heterocycles. The highest BCUT2D eigenvalue weighted by molar-refractivity contribution is 5.90. The highest BCUT2D eigenvalue weighted by Crippen LogP contribution is 2.30. The monoisotopic (exact) mass is 586 g/mol. The summed E-state index contributed by atoms with van der Waals surface area (Å²) in [4.78, 5) is 29.0. The predicted molar refractivity (Wildman–Crippen MR) is 171 cm³/mol. The summed E-state index contributed by atoms with van der Waals surface area (Å²) in [6, 6.07) is 8.63. The van der Waals surface area contributed by atoms with E-state index >= 15 is 0 Å². The van der Waals surface area contributed by atoms with Gasteiger partial charge in [-0.25, -0.2) is 0 Å². The van der Waals surface area contributed by atoms with E-state index in [2.05, 4.69) is 54.9 Å². The molecule has 1 aliphatic carbocycles. The second-order valence-corrected chi connectivity index (χ2v) is 11.9. The van der Waals surface area contributed by atoms with Crippen LogP contribution < -0.4 is 16.0 Å². The van der Waals surface area contributed by atoms with Gasteiger partial charge in [-0.15, -0.1) is 0 Å². The van der Waals surface area contributed by atoms with Gasteiger partial charge in [-0.05, 0) is 65.0 Å². The van der Waals surface area contributed by atoms with E-state index in [9.17, 15) is 14.7 Å². The number of nitrogens with one attached hydrogen (secondary N) is 3. The van der Waals surface area contributed by atoms with Gasteiger partial charge in [0.15, 0.2) is 0 Å². The second-order valence-electron chi connectivity index (χ2n) is 11.9. The largest absolute Gasteiger partial charge is 0.376 e. The molecule has 0 bridgehead atoms. The zero-order chi connectivity index (χ0) is 31.1. The molecule has 4 N–H and O–H groups in total. The fourth-order valence-corrected chi connectivity index (χ4v) is 5.89. The second kappa shape index (κ2) is 19.1. The maximum Gasteiger partial charge on any atom is 0.245 e. The van der Waals surface area contributed by atoms with Gasteiger partial charge in [0.05, 0.1) is 12.1 Å². The number of amides is 2. The topological polar surface area (TPSA) is 103 Å². The summed E-state index contributed by atoms with van der Waals surface area (Å²) in [5.74, 6) is -0.321. The summed E-state index contributed by atoms with van der Waals surface area (Å²) >= 11 is 0. The first-order valence-electron chi connectivity index (χ1n) is 16.2. The Bertz CT molecular complexity index is 950. The van der Waals surface area contributed by atoms with Gasteiger partial charge in [0, 0.05) is 19.6 Å². The molecular formula is C34H58N4O4. The van der Waals surface area contributed by atoms with Crippen molar-refractivity contribution in [1.82, 2.24) is 20.9 Å². The Morgan fingerprint density at radius 1 is 1.10 bits per heavy atom. The number of ether oxygens (including phenoxy) is 1. The number of aliphatic hydroxyl groups excluding tert-OH is 1. The first-order chi connectivity index (χ1) is 20.2. The number of likely N-dealkylation sites (N-methyl/N-ethyl adjacent to an activating group) is 1. The molecule has 238 valence electrons. The zero-order valence-electron chi connectivity index (χ0n) is 27.2. The van der Waals surface area contributed by atoms with Crippen molar-refractivity contribution in [2.24, 2.45) is 5.92 Å². The van der Waals surface area contributed by atoms with Crippen molar-refractivity contribution in [2.45, 2.75) is 129 Å². The fourth-order valence-electron chi connectivity index (χ4n) is 5.89. The number of benzene rings is 1. The third kappa shape index (κ3) is 10.5. The molecule has 6 atom stereocenters. The van der Waals surface area contributed by atoms with E-state index in [1.165, 1.54) is 5.57 Å². The molecule has 1 aromatic rings. The minimum Gasteiger partial charge on any atom is -0.376 e. The molecule has 1 saturated carbocycles. The third-order valence-electron chi connectivity index (χ3n) is 8.79. The van der Waals surface area contributed by atoms with Crippen LogP contribution in [-0.4, -0.2) is 73.1 Å². The summed E-state index contributed by atoms with van der Waals surface area (Å²) in [6.45, 7) is 10.5. The molecule has 0 saturated heterocycles. The molecule has 8 heteroatoms. The van der Waals surface area contributed by atoms with Crippen molar-refractivity contribution >= 4 is 11.8 Å². The van der Waals surface area contributed by atoms with Crippen LogP contribution in [0.4, 0.5) is 0 Å². The van der Waals surface area contributed by atoms with Crippen molar-refractivity contribution in [3.63, 3.8) is 0 Å². The number of aliphatic hydroxyl groups is 1. The lowest BCUT2D eigenvalue weighted by molar-refractivity contribution is -0.144. The Morgan fingerprint density at radius 3 is 2.33 bits per heavy atom. The summed E-state index contributed by atoms with van der Waals surface area (Å²) in [6.07, 6.45) is 9.51. The first kappa shape index (κ1) is 35.9. The Hall–Kier alpha value is -2.26. The van der Waals surface area contributed by atoms with E-state index in [-0.39, 0.29) is 23.7 Å². The molecule has 5 unspecified atom stereocenters. The molecule has 8 nitrogen and oxygen atoms in total. The summed E-state index contributed by atoms with van der Waals surface area (Å²) in [5, 5.41) is 21.0. The summed E-state index contributed by atoms with van der Waals surface area (Å²) in [5.41, 5.74) is 2.26. The van der Waals surface area contributed by atoms with Gasteiger partial charge in [-0.3, -0.25) is 14.9 Å². The van der Waals surface area contributed by atoms with Crippen molar-refractivity contribution in [1.29, 1.82) is 0 Å². The normalized spacial score (nSPS) is 18.9. The van der Waals surface area contributed by atoms with Crippen LogP contribution in [0.15, 0.2) is 42.0 Å². The van der Waals surface area contributed by atoms with Crippen LogP contribution in [0, 0.1) is 5.92 Å². The van der Waals surface area contributed by atoms with E-state index in [1.54, 1.807) is 26.0 Å². The average molecular weight is 587 g/mol. The van der Waals surface area contributed by atoms with Crippen molar-refractivity contribution in [3.8, 4) is 0 Å². The number of carbonyl (C=O) groups excluding carboxylic acids is 2. The number of methoxy groups -OCH3 is 1. The van der Waals surface area contributed by atoms with E-state index in [0.717, 1.165) is 63.4 Å². The number of rotatable bonds is 18. The van der Waals surface area contributed by atoms with Crippen LogP contribution in [0.25, 0.3) is 0 Å². The number of carbonyl (C=O) groups is 2. The van der Waals surface area contributed by atoms with Crippen molar-refractivity contribution in [2.75, 3.05) is 20.7 Å². The molecule has 0 radical (unpaired) electrons. The zero-order valence-corrected chi connectivity index (χ0v) is 27.2. The number of unbranched alkanes of at least 4 members (excludes halogenated alkanes) is 2. The van der Waals surface area contributed by atoms with Crippen LogP contribution in [0.5, 0.6) is 0 Å². The molecule has 0 spiro atoms. The number of allylic oxidation sites excluding steroid dienone is 1. The maximum absolute atomic E-state index is 14.3. The van der Waals surface area contributed by atoms with E-state index < -0.39 is 30.6 Å².